The molecule has 0 spiro atoms. The summed E-state index contributed by atoms with van der Waals surface area (Å²) < 4.78 is 35.1. The van der Waals surface area contributed by atoms with E-state index < -0.39 is 28.5 Å². The van der Waals surface area contributed by atoms with Crippen molar-refractivity contribution < 1.29 is 22.7 Å². The number of halogens is 2. The quantitative estimate of drug-likeness (QED) is 0.196. The van der Waals surface area contributed by atoms with Gasteiger partial charge in [-0.1, -0.05) is 71.8 Å². The number of benzene rings is 4. The number of nitrogens with one attached hydrogen (secondary N) is 1. The van der Waals surface area contributed by atoms with Gasteiger partial charge in [-0.05, 0) is 76.4 Å². The van der Waals surface area contributed by atoms with Gasteiger partial charge in [0.05, 0.1) is 22.2 Å². The first kappa shape index (κ1) is 33.0. The minimum absolute atomic E-state index is 0.0325. The van der Waals surface area contributed by atoms with Gasteiger partial charge in [0.25, 0.3) is 10.0 Å². The highest BCUT2D eigenvalue weighted by Crippen LogP contribution is 2.31. The van der Waals surface area contributed by atoms with E-state index in [1.807, 2.05) is 37.3 Å². The Morgan fingerprint density at radius 3 is 2.18 bits per heavy atom. The number of amides is 2. The predicted octanol–water partition coefficient (Wildman–Crippen LogP) is 6.00. The van der Waals surface area contributed by atoms with E-state index in [-0.39, 0.29) is 23.8 Å². The van der Waals surface area contributed by atoms with Crippen LogP contribution in [-0.4, -0.2) is 51.9 Å². The Balaban J connectivity index is 1.79. The van der Waals surface area contributed by atoms with Crippen LogP contribution in [0.5, 0.6) is 5.75 Å². The lowest BCUT2D eigenvalue weighted by Gasteiger charge is -2.33. The van der Waals surface area contributed by atoms with Crippen molar-refractivity contribution in [2.24, 2.45) is 0 Å². The highest BCUT2D eigenvalue weighted by atomic mass is 79.9. The molecular formula is C33H33BrClN3O5S. The summed E-state index contributed by atoms with van der Waals surface area (Å²) in [5, 5.41) is 3.21. The van der Waals surface area contributed by atoms with Gasteiger partial charge >= 0.3 is 0 Å². The molecule has 4 aromatic carbocycles. The molecule has 230 valence electrons. The summed E-state index contributed by atoms with van der Waals surface area (Å²) in [5.74, 6) is -0.466. The van der Waals surface area contributed by atoms with E-state index in [1.165, 1.54) is 31.2 Å². The zero-order valence-electron chi connectivity index (χ0n) is 24.5. The minimum Gasteiger partial charge on any atom is -0.496 e. The van der Waals surface area contributed by atoms with Crippen molar-refractivity contribution in [3.63, 3.8) is 0 Å². The van der Waals surface area contributed by atoms with Crippen LogP contribution in [0.15, 0.2) is 106 Å². The first-order valence-electron chi connectivity index (χ1n) is 13.8. The number of carbonyl (C=O) groups excluding carboxylic acids is 2. The van der Waals surface area contributed by atoms with Crippen LogP contribution in [0.4, 0.5) is 5.69 Å². The van der Waals surface area contributed by atoms with Gasteiger partial charge in [0.1, 0.15) is 18.3 Å². The van der Waals surface area contributed by atoms with Gasteiger partial charge < -0.3 is 15.0 Å². The SMILES string of the molecule is CNC(=O)[C@H](Cc1ccccc1)N(Cc1ccc(Cl)cc1)C(=O)CN(c1ccc(C)cc1)S(=O)(=O)c1ccc(OC)c(Br)c1. The molecule has 0 aliphatic rings. The number of sulfonamides is 1. The summed E-state index contributed by atoms with van der Waals surface area (Å²) in [5.41, 5.74) is 2.81. The summed E-state index contributed by atoms with van der Waals surface area (Å²) in [6.07, 6.45) is 0.225. The molecule has 44 heavy (non-hydrogen) atoms. The second-order valence-corrected chi connectivity index (χ2v) is 13.3. The number of likely N-dealkylation sites (N-methyl/N-ethyl adjacent to an activating group) is 1. The molecule has 0 aliphatic heterocycles. The zero-order chi connectivity index (χ0) is 31.9. The molecule has 0 heterocycles. The van der Waals surface area contributed by atoms with E-state index in [0.29, 0.717) is 20.9 Å². The van der Waals surface area contributed by atoms with Gasteiger partial charge in [0, 0.05) is 25.0 Å². The van der Waals surface area contributed by atoms with Gasteiger partial charge in [-0.2, -0.15) is 0 Å². The Bertz CT molecular complexity index is 1700. The molecule has 1 atom stereocenters. The molecule has 1 N–H and O–H groups in total. The van der Waals surface area contributed by atoms with Crippen molar-refractivity contribution >= 4 is 55.1 Å². The summed E-state index contributed by atoms with van der Waals surface area (Å²) in [6.45, 7) is 1.39. The van der Waals surface area contributed by atoms with Gasteiger partial charge in [-0.25, -0.2) is 8.42 Å². The summed E-state index contributed by atoms with van der Waals surface area (Å²) >= 11 is 9.48. The lowest BCUT2D eigenvalue weighted by Crippen LogP contribution is -2.53. The van der Waals surface area contributed by atoms with Crippen LogP contribution in [0.3, 0.4) is 0 Å². The third-order valence-electron chi connectivity index (χ3n) is 7.10. The lowest BCUT2D eigenvalue weighted by molar-refractivity contribution is -0.139. The third-order valence-corrected chi connectivity index (χ3v) is 9.74. The fraction of sp³-hybridized carbons (Fsp3) is 0.212. The largest absolute Gasteiger partial charge is 0.496 e. The Morgan fingerprint density at radius 1 is 0.932 bits per heavy atom. The smallest absolute Gasteiger partial charge is 0.264 e. The number of hydrogen-bond acceptors (Lipinski definition) is 5. The highest BCUT2D eigenvalue weighted by molar-refractivity contribution is 9.10. The Morgan fingerprint density at radius 2 is 1.59 bits per heavy atom. The molecule has 0 saturated heterocycles. The molecule has 0 saturated carbocycles. The van der Waals surface area contributed by atoms with E-state index in [4.69, 9.17) is 16.3 Å². The number of hydrogen-bond donors (Lipinski definition) is 1. The van der Waals surface area contributed by atoms with Crippen LogP contribution in [-0.2, 0) is 32.6 Å². The summed E-state index contributed by atoms with van der Waals surface area (Å²) in [6, 6.07) is 26.7. The second-order valence-electron chi connectivity index (χ2n) is 10.1. The van der Waals surface area contributed by atoms with E-state index >= 15 is 0 Å². The maximum atomic E-state index is 14.3. The van der Waals surface area contributed by atoms with Crippen LogP contribution < -0.4 is 14.4 Å². The molecule has 11 heteroatoms. The highest BCUT2D eigenvalue weighted by Gasteiger charge is 2.34. The fourth-order valence-electron chi connectivity index (χ4n) is 4.68. The Labute approximate surface area is 271 Å². The first-order chi connectivity index (χ1) is 21.0. The zero-order valence-corrected chi connectivity index (χ0v) is 27.7. The third kappa shape index (κ3) is 7.99. The number of aryl methyl sites for hydroxylation is 1. The second kappa shape index (κ2) is 14.7. The van der Waals surface area contributed by atoms with Gasteiger partial charge in [-0.15, -0.1) is 0 Å². The number of carbonyl (C=O) groups is 2. The number of anilines is 1. The molecule has 0 bridgehead atoms. The van der Waals surface area contributed by atoms with Crippen LogP contribution in [0.2, 0.25) is 5.02 Å². The average Bonchev–Trinajstić information content (AvgIpc) is 3.02. The van der Waals surface area contributed by atoms with Crippen molar-refractivity contribution in [2.75, 3.05) is 25.0 Å². The Hall–Kier alpha value is -3.86. The van der Waals surface area contributed by atoms with Crippen molar-refractivity contribution in [1.29, 1.82) is 0 Å². The molecule has 4 rings (SSSR count). The van der Waals surface area contributed by atoms with Crippen LogP contribution in [0, 0.1) is 6.92 Å². The minimum atomic E-state index is -4.25. The fourth-order valence-corrected chi connectivity index (χ4v) is 6.94. The Kier molecular flexibility index (Phi) is 11.1. The van der Waals surface area contributed by atoms with E-state index in [9.17, 15) is 18.0 Å². The average molecular weight is 699 g/mol. The van der Waals surface area contributed by atoms with Gasteiger partial charge in [-0.3, -0.25) is 13.9 Å². The first-order valence-corrected chi connectivity index (χ1v) is 16.4. The number of nitrogens with zero attached hydrogens (tertiary/aromatic N) is 2. The van der Waals surface area contributed by atoms with Gasteiger partial charge in [0.15, 0.2) is 0 Å². The van der Waals surface area contributed by atoms with E-state index in [1.54, 1.807) is 54.6 Å². The molecule has 0 aromatic heterocycles. The molecule has 2 amide bonds. The topological polar surface area (TPSA) is 96.0 Å². The molecule has 8 nitrogen and oxygen atoms in total. The van der Waals surface area contributed by atoms with Crippen molar-refractivity contribution in [2.45, 2.75) is 30.8 Å². The molecule has 0 aliphatic carbocycles. The number of ether oxygens (including phenoxy) is 1. The van der Waals surface area contributed by atoms with Gasteiger partial charge in [0.2, 0.25) is 11.8 Å². The lowest BCUT2D eigenvalue weighted by atomic mass is 10.0. The summed E-state index contributed by atoms with van der Waals surface area (Å²) in [4.78, 5) is 29.1. The molecule has 0 radical (unpaired) electrons. The van der Waals surface area contributed by atoms with E-state index in [2.05, 4.69) is 21.2 Å². The molecule has 0 fully saturated rings. The monoisotopic (exact) mass is 697 g/mol. The van der Waals surface area contributed by atoms with Crippen molar-refractivity contribution in [3.05, 3.63) is 123 Å². The number of rotatable bonds is 12. The number of methoxy groups -OCH3 is 1. The molecule has 0 unspecified atom stereocenters. The maximum Gasteiger partial charge on any atom is 0.264 e. The van der Waals surface area contributed by atoms with Crippen LogP contribution in [0.1, 0.15) is 16.7 Å². The van der Waals surface area contributed by atoms with Crippen LogP contribution >= 0.6 is 27.5 Å². The van der Waals surface area contributed by atoms with E-state index in [0.717, 1.165) is 21.0 Å². The standard InChI is InChI=1S/C33H33BrClN3O5S/c1-23-9-15-27(16-10-23)38(44(41,42)28-17-18-31(43-3)29(34)20-28)22-32(39)37(21-25-11-13-26(35)14-12-25)30(33(40)36-2)19-24-7-5-4-6-8-24/h4-18,20,30H,19,21-22H2,1-3H3,(H,36,40)/t30-/m0/s1. The summed E-state index contributed by atoms with van der Waals surface area (Å²) in [7, 11) is -1.25. The predicted molar refractivity (Wildman–Crippen MR) is 176 cm³/mol. The molecular weight excluding hydrogens is 666 g/mol. The molecule has 4 aromatic rings. The van der Waals surface area contributed by atoms with Crippen molar-refractivity contribution in [1.82, 2.24) is 10.2 Å². The maximum absolute atomic E-state index is 14.3. The normalized spacial score (nSPS) is 11.8. The van der Waals surface area contributed by atoms with Crippen molar-refractivity contribution in [3.8, 4) is 5.75 Å². The van der Waals surface area contributed by atoms with Crippen LogP contribution in [0.25, 0.3) is 0 Å².